The summed E-state index contributed by atoms with van der Waals surface area (Å²) in [6.07, 6.45) is 3.38. The van der Waals surface area contributed by atoms with Crippen LogP contribution in [-0.4, -0.2) is 24.2 Å². The molecule has 0 fully saturated rings. The van der Waals surface area contributed by atoms with E-state index in [-0.39, 0.29) is 6.04 Å². The highest BCUT2D eigenvalue weighted by Gasteiger charge is 2.06. The van der Waals surface area contributed by atoms with Crippen molar-refractivity contribution in [2.75, 3.05) is 7.05 Å². The average Bonchev–Trinajstić information content (AvgIpc) is 2.28. The van der Waals surface area contributed by atoms with Crippen LogP contribution in [-0.2, 0) is 11.2 Å². The first-order valence-corrected chi connectivity index (χ1v) is 5.81. The van der Waals surface area contributed by atoms with E-state index >= 15 is 0 Å². The summed E-state index contributed by atoms with van der Waals surface area (Å²) >= 11 is 11.7. The third-order valence-corrected chi connectivity index (χ3v) is 3.02. The monoisotopic (exact) mass is 273 g/mol. The number of likely N-dealkylation sites (N-methyl/N-ethyl adjacent to an activating group) is 1. The lowest BCUT2D eigenvalue weighted by Crippen LogP contribution is -2.25. The molecule has 0 aliphatic carbocycles. The first kappa shape index (κ1) is 14.0. The van der Waals surface area contributed by atoms with E-state index in [9.17, 15) is 4.79 Å². The maximum absolute atomic E-state index is 10.4. The SMILES string of the molecule is CN[C@@H](/C=C/C(=O)O)Cc1ccc(Cl)c(Cl)c1. The molecule has 0 saturated carbocycles. The maximum atomic E-state index is 10.4. The molecule has 92 valence electrons. The number of benzene rings is 1. The molecule has 1 aromatic rings. The van der Waals surface area contributed by atoms with Crippen LogP contribution < -0.4 is 5.32 Å². The Labute approximate surface area is 110 Å². The quantitative estimate of drug-likeness (QED) is 0.812. The van der Waals surface area contributed by atoms with Crippen LogP contribution in [0.4, 0.5) is 0 Å². The standard InChI is InChI=1S/C12H13Cl2NO2/c1-15-9(3-5-12(16)17)6-8-2-4-10(13)11(14)7-8/h2-5,7,9,15H,6H2,1H3,(H,16,17)/b5-3+/t9-/m0/s1. The molecule has 0 radical (unpaired) electrons. The summed E-state index contributed by atoms with van der Waals surface area (Å²) in [6, 6.07) is 5.33. The molecule has 0 aromatic heterocycles. The molecule has 0 aliphatic rings. The second-order valence-electron chi connectivity index (χ2n) is 3.55. The Morgan fingerprint density at radius 1 is 1.47 bits per heavy atom. The van der Waals surface area contributed by atoms with Gasteiger partial charge in [-0.05, 0) is 31.2 Å². The van der Waals surface area contributed by atoms with E-state index in [1.54, 1.807) is 25.3 Å². The van der Waals surface area contributed by atoms with Gasteiger partial charge < -0.3 is 10.4 Å². The molecular weight excluding hydrogens is 261 g/mol. The van der Waals surface area contributed by atoms with Gasteiger partial charge in [0.25, 0.3) is 0 Å². The number of aliphatic carboxylic acids is 1. The van der Waals surface area contributed by atoms with Gasteiger partial charge in [0.15, 0.2) is 0 Å². The van der Waals surface area contributed by atoms with Crippen LogP contribution >= 0.6 is 23.2 Å². The Balaban J connectivity index is 2.73. The molecule has 17 heavy (non-hydrogen) atoms. The van der Waals surface area contributed by atoms with Gasteiger partial charge in [-0.15, -0.1) is 0 Å². The van der Waals surface area contributed by atoms with Crippen molar-refractivity contribution in [2.45, 2.75) is 12.5 Å². The summed E-state index contributed by atoms with van der Waals surface area (Å²) in [4.78, 5) is 10.4. The molecule has 2 N–H and O–H groups in total. The van der Waals surface area contributed by atoms with Crippen LogP contribution in [0.25, 0.3) is 0 Å². The van der Waals surface area contributed by atoms with Crippen molar-refractivity contribution >= 4 is 29.2 Å². The van der Waals surface area contributed by atoms with Gasteiger partial charge in [-0.3, -0.25) is 0 Å². The van der Waals surface area contributed by atoms with Crippen LogP contribution in [0.2, 0.25) is 10.0 Å². The van der Waals surface area contributed by atoms with E-state index in [2.05, 4.69) is 5.32 Å². The lowest BCUT2D eigenvalue weighted by molar-refractivity contribution is -0.131. The Morgan fingerprint density at radius 3 is 2.71 bits per heavy atom. The fraction of sp³-hybridized carbons (Fsp3) is 0.250. The molecule has 0 heterocycles. The van der Waals surface area contributed by atoms with E-state index in [1.165, 1.54) is 0 Å². The fourth-order valence-electron chi connectivity index (χ4n) is 1.39. The largest absolute Gasteiger partial charge is 0.478 e. The number of nitrogens with one attached hydrogen (secondary N) is 1. The Bertz CT molecular complexity index is 433. The highest BCUT2D eigenvalue weighted by Crippen LogP contribution is 2.23. The van der Waals surface area contributed by atoms with E-state index in [0.29, 0.717) is 16.5 Å². The van der Waals surface area contributed by atoms with Crippen molar-refractivity contribution in [3.63, 3.8) is 0 Å². The molecule has 1 atom stereocenters. The smallest absolute Gasteiger partial charge is 0.328 e. The highest BCUT2D eigenvalue weighted by molar-refractivity contribution is 6.42. The van der Waals surface area contributed by atoms with Crippen LogP contribution in [0.1, 0.15) is 5.56 Å². The van der Waals surface area contributed by atoms with Crippen LogP contribution in [0.5, 0.6) is 0 Å². The lowest BCUT2D eigenvalue weighted by Gasteiger charge is -2.11. The topological polar surface area (TPSA) is 49.3 Å². The first-order valence-electron chi connectivity index (χ1n) is 5.05. The number of hydrogen-bond acceptors (Lipinski definition) is 2. The van der Waals surface area contributed by atoms with Gasteiger partial charge in [0, 0.05) is 12.1 Å². The molecule has 0 aliphatic heterocycles. The van der Waals surface area contributed by atoms with Gasteiger partial charge in [-0.2, -0.15) is 0 Å². The Kier molecular flexibility index (Phi) is 5.48. The normalized spacial score (nSPS) is 12.9. The van der Waals surface area contributed by atoms with Gasteiger partial charge in [0.05, 0.1) is 10.0 Å². The van der Waals surface area contributed by atoms with E-state index in [1.807, 2.05) is 6.07 Å². The van der Waals surface area contributed by atoms with Gasteiger partial charge in [0.1, 0.15) is 0 Å². The third kappa shape index (κ3) is 4.77. The molecule has 1 aromatic carbocycles. The number of hydrogen-bond donors (Lipinski definition) is 2. The molecule has 0 spiro atoms. The summed E-state index contributed by atoms with van der Waals surface area (Å²) in [5, 5.41) is 12.6. The van der Waals surface area contributed by atoms with E-state index < -0.39 is 5.97 Å². The first-order chi connectivity index (χ1) is 8.02. The second kappa shape index (κ2) is 6.64. The minimum atomic E-state index is -0.959. The maximum Gasteiger partial charge on any atom is 0.328 e. The van der Waals surface area contributed by atoms with Crippen LogP contribution in [0.3, 0.4) is 0 Å². The van der Waals surface area contributed by atoms with E-state index in [4.69, 9.17) is 28.3 Å². The van der Waals surface area contributed by atoms with Crippen LogP contribution in [0, 0.1) is 0 Å². The molecule has 0 amide bonds. The summed E-state index contributed by atoms with van der Waals surface area (Å²) in [6.45, 7) is 0. The molecular formula is C12H13Cl2NO2. The Hall–Kier alpha value is -1.03. The van der Waals surface area contributed by atoms with Gasteiger partial charge in [-0.25, -0.2) is 4.79 Å². The number of carbonyl (C=O) groups is 1. The van der Waals surface area contributed by atoms with Crippen molar-refractivity contribution < 1.29 is 9.90 Å². The minimum absolute atomic E-state index is 0.0525. The lowest BCUT2D eigenvalue weighted by atomic mass is 10.1. The summed E-state index contributed by atoms with van der Waals surface area (Å²) in [5.41, 5.74) is 0.994. The minimum Gasteiger partial charge on any atom is -0.478 e. The Morgan fingerprint density at radius 2 is 2.18 bits per heavy atom. The molecule has 1 rings (SSSR count). The summed E-state index contributed by atoms with van der Waals surface area (Å²) in [5.74, 6) is -0.959. The number of carboxylic acid groups (broad SMARTS) is 1. The predicted octanol–water partition coefficient (Wildman–Crippen LogP) is 2.76. The predicted molar refractivity (Wildman–Crippen MR) is 69.8 cm³/mol. The second-order valence-corrected chi connectivity index (χ2v) is 4.36. The number of halogens is 2. The molecule has 0 bridgehead atoms. The van der Waals surface area contributed by atoms with Crippen molar-refractivity contribution in [3.05, 3.63) is 46.0 Å². The highest BCUT2D eigenvalue weighted by atomic mass is 35.5. The van der Waals surface area contributed by atoms with Gasteiger partial charge in [-0.1, -0.05) is 35.3 Å². The zero-order chi connectivity index (χ0) is 12.8. The fourth-order valence-corrected chi connectivity index (χ4v) is 1.71. The van der Waals surface area contributed by atoms with Gasteiger partial charge in [0.2, 0.25) is 0 Å². The number of carboxylic acids is 1. The zero-order valence-corrected chi connectivity index (χ0v) is 10.8. The van der Waals surface area contributed by atoms with Crippen molar-refractivity contribution in [1.29, 1.82) is 0 Å². The summed E-state index contributed by atoms with van der Waals surface area (Å²) in [7, 11) is 1.77. The van der Waals surface area contributed by atoms with E-state index in [0.717, 1.165) is 11.6 Å². The number of rotatable bonds is 5. The summed E-state index contributed by atoms with van der Waals surface area (Å²) < 4.78 is 0. The third-order valence-electron chi connectivity index (χ3n) is 2.28. The van der Waals surface area contributed by atoms with Crippen molar-refractivity contribution in [3.8, 4) is 0 Å². The zero-order valence-electron chi connectivity index (χ0n) is 9.28. The van der Waals surface area contributed by atoms with Gasteiger partial charge >= 0.3 is 5.97 Å². The van der Waals surface area contributed by atoms with Crippen molar-refractivity contribution in [2.24, 2.45) is 0 Å². The van der Waals surface area contributed by atoms with Crippen LogP contribution in [0.15, 0.2) is 30.4 Å². The average molecular weight is 274 g/mol. The van der Waals surface area contributed by atoms with Crippen molar-refractivity contribution in [1.82, 2.24) is 5.32 Å². The molecule has 0 unspecified atom stereocenters. The molecule has 3 nitrogen and oxygen atoms in total. The molecule has 5 heteroatoms. The molecule has 0 saturated heterocycles.